The molecule has 2 aromatic rings. The number of hydrogen-bond donors (Lipinski definition) is 2. The van der Waals surface area contributed by atoms with E-state index >= 15 is 0 Å². The normalized spacial score (nSPS) is 12.1. The van der Waals surface area contributed by atoms with Gasteiger partial charge in [-0.2, -0.15) is 0 Å². The number of carbonyl (C=O) groups is 1. The predicted octanol–water partition coefficient (Wildman–Crippen LogP) is 2.11. The molecule has 20 heavy (non-hydrogen) atoms. The molecule has 0 aliphatic carbocycles. The average Bonchev–Trinajstić information content (AvgIpc) is 2.89. The fourth-order valence-electron chi connectivity index (χ4n) is 1.83. The van der Waals surface area contributed by atoms with Crippen LogP contribution in [0, 0.1) is 0 Å². The van der Waals surface area contributed by atoms with Crippen molar-refractivity contribution < 1.29 is 14.4 Å². The zero-order chi connectivity index (χ0) is 14.4. The number of amides is 1. The van der Waals surface area contributed by atoms with E-state index in [-0.39, 0.29) is 24.1 Å². The summed E-state index contributed by atoms with van der Waals surface area (Å²) in [5.74, 6) is 0.394. The van der Waals surface area contributed by atoms with Gasteiger partial charge in [0.25, 0.3) is 0 Å². The fourth-order valence-corrected chi connectivity index (χ4v) is 1.98. The molecule has 1 amide bonds. The number of benzene rings is 1. The molecular formula is C14H15ClN2O3. The number of nitrogens with one attached hydrogen (secondary N) is 1. The van der Waals surface area contributed by atoms with Crippen LogP contribution in [0.5, 0.6) is 0 Å². The number of rotatable bonds is 6. The Kier molecular flexibility index (Phi) is 5.15. The van der Waals surface area contributed by atoms with Crippen molar-refractivity contribution >= 4 is 17.5 Å². The van der Waals surface area contributed by atoms with Gasteiger partial charge >= 0.3 is 0 Å². The Hall–Kier alpha value is -1.85. The van der Waals surface area contributed by atoms with E-state index in [0.29, 0.717) is 12.2 Å². The summed E-state index contributed by atoms with van der Waals surface area (Å²) >= 11 is 5.62. The van der Waals surface area contributed by atoms with Crippen LogP contribution in [0.4, 0.5) is 0 Å². The molecule has 106 valence electrons. The highest BCUT2D eigenvalue weighted by molar-refractivity contribution is 6.29. The lowest BCUT2D eigenvalue weighted by atomic mass is 10.1. The van der Waals surface area contributed by atoms with Crippen molar-refractivity contribution in [2.24, 2.45) is 0 Å². The largest absolute Gasteiger partial charge is 0.394 e. The third-order valence-corrected chi connectivity index (χ3v) is 3.03. The van der Waals surface area contributed by atoms with E-state index in [2.05, 4.69) is 10.5 Å². The zero-order valence-electron chi connectivity index (χ0n) is 10.8. The summed E-state index contributed by atoms with van der Waals surface area (Å²) in [5, 5.41) is 15.9. The van der Waals surface area contributed by atoms with Crippen LogP contribution in [0.3, 0.4) is 0 Å². The first-order chi connectivity index (χ1) is 9.69. The van der Waals surface area contributed by atoms with Gasteiger partial charge in [-0.05, 0) is 5.56 Å². The number of aromatic nitrogens is 1. The van der Waals surface area contributed by atoms with Gasteiger partial charge in [0.05, 0.1) is 12.6 Å². The molecule has 0 aliphatic rings. The first-order valence-corrected chi connectivity index (χ1v) is 6.63. The van der Waals surface area contributed by atoms with Crippen molar-refractivity contribution in [3.05, 3.63) is 52.9 Å². The third kappa shape index (κ3) is 4.08. The molecule has 5 nitrogen and oxygen atoms in total. The van der Waals surface area contributed by atoms with Crippen LogP contribution in [0.2, 0.25) is 5.15 Å². The van der Waals surface area contributed by atoms with Crippen LogP contribution in [-0.4, -0.2) is 22.8 Å². The van der Waals surface area contributed by atoms with Crippen molar-refractivity contribution in [2.75, 3.05) is 6.61 Å². The number of aliphatic hydroxyl groups excluding tert-OH is 1. The summed E-state index contributed by atoms with van der Waals surface area (Å²) in [5.41, 5.74) is 0.867. The standard InChI is InChI=1S/C14H15ClN2O3/c15-13-8-11(20-17-13)6-7-14(19)16-12(9-18)10-4-2-1-3-5-10/h1-5,8,12,18H,6-7,9H2,(H,16,19)/t12-/m0/s1. The van der Waals surface area contributed by atoms with Crippen molar-refractivity contribution in [2.45, 2.75) is 18.9 Å². The van der Waals surface area contributed by atoms with E-state index in [9.17, 15) is 9.90 Å². The maximum atomic E-state index is 11.8. The van der Waals surface area contributed by atoms with Gasteiger partial charge in [-0.15, -0.1) is 0 Å². The summed E-state index contributed by atoms with van der Waals surface area (Å²) in [7, 11) is 0. The molecule has 6 heteroatoms. The van der Waals surface area contributed by atoms with Crippen LogP contribution >= 0.6 is 11.6 Å². The van der Waals surface area contributed by atoms with Crippen molar-refractivity contribution in [1.29, 1.82) is 0 Å². The van der Waals surface area contributed by atoms with Gasteiger partial charge in [0.1, 0.15) is 5.76 Å². The molecule has 2 N–H and O–H groups in total. The molecule has 1 heterocycles. The summed E-state index contributed by atoms with van der Waals surface area (Å²) < 4.78 is 4.92. The van der Waals surface area contributed by atoms with E-state index in [1.165, 1.54) is 0 Å². The molecule has 0 aliphatic heterocycles. The lowest BCUT2D eigenvalue weighted by molar-refractivity contribution is -0.122. The van der Waals surface area contributed by atoms with Crippen molar-refractivity contribution in [1.82, 2.24) is 10.5 Å². The van der Waals surface area contributed by atoms with E-state index in [1.54, 1.807) is 6.07 Å². The van der Waals surface area contributed by atoms with E-state index < -0.39 is 6.04 Å². The second kappa shape index (κ2) is 7.07. The number of halogens is 1. The molecule has 0 fully saturated rings. The van der Waals surface area contributed by atoms with Gasteiger partial charge in [-0.25, -0.2) is 0 Å². The molecular weight excluding hydrogens is 280 g/mol. The molecule has 1 atom stereocenters. The second-order valence-electron chi connectivity index (χ2n) is 4.33. The molecule has 0 saturated carbocycles. The molecule has 2 rings (SSSR count). The Morgan fingerprint density at radius 3 is 2.75 bits per heavy atom. The van der Waals surface area contributed by atoms with Crippen LogP contribution in [-0.2, 0) is 11.2 Å². The third-order valence-electron chi connectivity index (χ3n) is 2.85. The van der Waals surface area contributed by atoms with Crippen LogP contribution in [0.15, 0.2) is 40.9 Å². The predicted molar refractivity (Wildman–Crippen MR) is 74.2 cm³/mol. The smallest absolute Gasteiger partial charge is 0.221 e. The van der Waals surface area contributed by atoms with Gasteiger partial charge in [-0.1, -0.05) is 47.1 Å². The first kappa shape index (κ1) is 14.6. The SMILES string of the molecule is O=C(CCc1cc(Cl)no1)N[C@@H](CO)c1ccccc1. The fraction of sp³-hybridized carbons (Fsp3) is 0.286. The number of carbonyl (C=O) groups excluding carboxylic acids is 1. The first-order valence-electron chi connectivity index (χ1n) is 6.25. The van der Waals surface area contributed by atoms with E-state index in [4.69, 9.17) is 16.1 Å². The zero-order valence-corrected chi connectivity index (χ0v) is 11.5. The van der Waals surface area contributed by atoms with Crippen LogP contribution in [0.1, 0.15) is 23.8 Å². The molecule has 0 radical (unpaired) electrons. The minimum Gasteiger partial charge on any atom is -0.394 e. The maximum Gasteiger partial charge on any atom is 0.221 e. The number of aliphatic hydroxyl groups is 1. The van der Waals surface area contributed by atoms with Gasteiger partial charge in [-0.3, -0.25) is 4.79 Å². The Bertz CT molecular complexity index is 557. The molecule has 0 unspecified atom stereocenters. The molecule has 0 saturated heterocycles. The lowest BCUT2D eigenvalue weighted by Crippen LogP contribution is -2.30. The summed E-state index contributed by atoms with van der Waals surface area (Å²) in [6.07, 6.45) is 0.660. The second-order valence-corrected chi connectivity index (χ2v) is 4.72. The Balaban J connectivity index is 1.86. The van der Waals surface area contributed by atoms with E-state index in [1.807, 2.05) is 30.3 Å². The van der Waals surface area contributed by atoms with Crippen LogP contribution in [0.25, 0.3) is 0 Å². The highest BCUT2D eigenvalue weighted by atomic mass is 35.5. The average molecular weight is 295 g/mol. The number of nitrogens with zero attached hydrogens (tertiary/aromatic N) is 1. The molecule has 0 bridgehead atoms. The quantitative estimate of drug-likeness (QED) is 0.855. The monoisotopic (exact) mass is 294 g/mol. The highest BCUT2D eigenvalue weighted by Gasteiger charge is 2.14. The Morgan fingerprint density at radius 2 is 2.15 bits per heavy atom. The Morgan fingerprint density at radius 1 is 1.40 bits per heavy atom. The number of aryl methyl sites for hydroxylation is 1. The van der Waals surface area contributed by atoms with Gasteiger partial charge < -0.3 is 14.9 Å². The summed E-state index contributed by atoms with van der Waals surface area (Å²) in [6, 6.07) is 10.5. The Labute approximate surface area is 121 Å². The van der Waals surface area contributed by atoms with Crippen molar-refractivity contribution in [3.8, 4) is 0 Å². The molecule has 0 spiro atoms. The van der Waals surface area contributed by atoms with Crippen LogP contribution < -0.4 is 5.32 Å². The van der Waals surface area contributed by atoms with Gasteiger partial charge in [0, 0.05) is 18.9 Å². The van der Waals surface area contributed by atoms with E-state index in [0.717, 1.165) is 5.56 Å². The minimum atomic E-state index is -0.401. The van der Waals surface area contributed by atoms with Crippen molar-refractivity contribution in [3.63, 3.8) is 0 Å². The topological polar surface area (TPSA) is 75.4 Å². The van der Waals surface area contributed by atoms with Gasteiger partial charge in [0.2, 0.25) is 5.91 Å². The minimum absolute atomic E-state index is 0.149. The molecule has 1 aromatic heterocycles. The maximum absolute atomic E-state index is 11.8. The number of hydrogen-bond acceptors (Lipinski definition) is 4. The molecule has 1 aromatic carbocycles. The highest BCUT2D eigenvalue weighted by Crippen LogP contribution is 2.13. The van der Waals surface area contributed by atoms with Gasteiger partial charge in [0.15, 0.2) is 5.15 Å². The lowest BCUT2D eigenvalue weighted by Gasteiger charge is -2.16. The summed E-state index contributed by atoms with van der Waals surface area (Å²) in [6.45, 7) is -0.149. The summed E-state index contributed by atoms with van der Waals surface area (Å²) in [4.78, 5) is 11.8.